The van der Waals surface area contributed by atoms with Gasteiger partial charge in [-0.2, -0.15) is 0 Å². The third-order valence-corrected chi connectivity index (χ3v) is 3.30. The van der Waals surface area contributed by atoms with Crippen LogP contribution in [-0.4, -0.2) is 25.1 Å². The molecule has 0 aromatic heterocycles. The van der Waals surface area contributed by atoms with E-state index in [4.69, 9.17) is 4.74 Å². The van der Waals surface area contributed by atoms with Crippen LogP contribution in [0, 0.1) is 18.6 Å². The van der Waals surface area contributed by atoms with Gasteiger partial charge >= 0.3 is 0 Å². The van der Waals surface area contributed by atoms with Gasteiger partial charge in [0.05, 0.1) is 0 Å². The molecule has 2 rings (SSSR count). The molecule has 0 saturated carbocycles. The molecule has 0 heterocycles. The largest absolute Gasteiger partial charge is 0.492 e. The zero-order valence-corrected chi connectivity index (χ0v) is 12.3. The van der Waals surface area contributed by atoms with Crippen LogP contribution in [0.1, 0.15) is 11.1 Å². The first-order valence-electron chi connectivity index (χ1n) is 6.88. The van der Waals surface area contributed by atoms with E-state index in [0.717, 1.165) is 17.4 Å². The van der Waals surface area contributed by atoms with Crippen LogP contribution < -0.4 is 4.74 Å². The van der Waals surface area contributed by atoms with Crippen LogP contribution in [-0.2, 0) is 6.54 Å². The molecule has 0 aliphatic heterocycles. The molecule has 0 unspecified atom stereocenters. The highest BCUT2D eigenvalue weighted by atomic mass is 19.2. The Morgan fingerprint density at radius 2 is 1.81 bits per heavy atom. The lowest BCUT2D eigenvalue weighted by Gasteiger charge is -2.18. The number of likely N-dealkylation sites (N-methyl/N-ethyl adjacent to an activating group) is 1. The molecule has 0 aliphatic rings. The molecule has 4 heteroatoms. The molecule has 21 heavy (non-hydrogen) atoms. The first kappa shape index (κ1) is 15.4. The Hall–Kier alpha value is -1.94. The highest BCUT2D eigenvalue weighted by Crippen LogP contribution is 2.16. The SMILES string of the molecule is Cc1ccccc1OCCN(C)Cc1cccc(F)c1F. The number of rotatable bonds is 6. The Labute approximate surface area is 124 Å². The fraction of sp³-hybridized carbons (Fsp3) is 0.294. The summed E-state index contributed by atoms with van der Waals surface area (Å²) < 4.78 is 32.4. The first-order valence-corrected chi connectivity index (χ1v) is 6.88. The number of benzene rings is 2. The zero-order chi connectivity index (χ0) is 15.2. The minimum atomic E-state index is -0.808. The number of nitrogens with zero attached hydrogens (tertiary/aromatic N) is 1. The second kappa shape index (κ2) is 7.18. The molecular weight excluding hydrogens is 272 g/mol. The van der Waals surface area contributed by atoms with Crippen LogP contribution in [0.5, 0.6) is 5.75 Å². The van der Waals surface area contributed by atoms with E-state index in [2.05, 4.69) is 0 Å². The van der Waals surface area contributed by atoms with E-state index in [0.29, 0.717) is 25.3 Å². The summed E-state index contributed by atoms with van der Waals surface area (Å²) in [7, 11) is 1.85. The van der Waals surface area contributed by atoms with Crippen molar-refractivity contribution in [2.45, 2.75) is 13.5 Å². The Morgan fingerprint density at radius 1 is 1.05 bits per heavy atom. The Kier molecular flexibility index (Phi) is 5.28. The number of halogens is 2. The molecule has 0 amide bonds. The average molecular weight is 291 g/mol. The Balaban J connectivity index is 1.84. The molecule has 0 bridgehead atoms. The predicted octanol–water partition coefficient (Wildman–Crippen LogP) is 3.78. The summed E-state index contributed by atoms with van der Waals surface area (Å²) in [5, 5.41) is 0. The van der Waals surface area contributed by atoms with Gasteiger partial charge in [-0.15, -0.1) is 0 Å². The first-order chi connectivity index (χ1) is 10.1. The summed E-state index contributed by atoms with van der Waals surface area (Å²) >= 11 is 0. The van der Waals surface area contributed by atoms with E-state index in [-0.39, 0.29) is 0 Å². The van der Waals surface area contributed by atoms with Gasteiger partial charge in [0.25, 0.3) is 0 Å². The molecule has 0 atom stereocenters. The van der Waals surface area contributed by atoms with Crippen molar-refractivity contribution in [1.82, 2.24) is 4.90 Å². The molecule has 2 aromatic carbocycles. The maximum Gasteiger partial charge on any atom is 0.163 e. The monoisotopic (exact) mass is 291 g/mol. The fourth-order valence-electron chi connectivity index (χ4n) is 2.07. The van der Waals surface area contributed by atoms with Gasteiger partial charge in [-0.3, -0.25) is 4.90 Å². The van der Waals surface area contributed by atoms with Crippen molar-refractivity contribution < 1.29 is 13.5 Å². The molecule has 0 fully saturated rings. The van der Waals surface area contributed by atoms with Gasteiger partial charge in [0.1, 0.15) is 12.4 Å². The minimum Gasteiger partial charge on any atom is -0.492 e. The molecular formula is C17H19F2NO. The quantitative estimate of drug-likeness (QED) is 0.803. The van der Waals surface area contributed by atoms with E-state index in [1.807, 2.05) is 43.1 Å². The van der Waals surface area contributed by atoms with Gasteiger partial charge in [-0.05, 0) is 31.7 Å². The second-order valence-electron chi connectivity index (χ2n) is 5.06. The highest BCUT2D eigenvalue weighted by Gasteiger charge is 2.09. The van der Waals surface area contributed by atoms with E-state index >= 15 is 0 Å². The van der Waals surface area contributed by atoms with Gasteiger partial charge < -0.3 is 4.74 Å². The van der Waals surface area contributed by atoms with Crippen LogP contribution >= 0.6 is 0 Å². The molecule has 0 spiro atoms. The van der Waals surface area contributed by atoms with Crippen molar-refractivity contribution in [1.29, 1.82) is 0 Å². The smallest absolute Gasteiger partial charge is 0.163 e. The number of hydrogen-bond donors (Lipinski definition) is 0. The zero-order valence-electron chi connectivity index (χ0n) is 12.3. The topological polar surface area (TPSA) is 12.5 Å². The lowest BCUT2D eigenvalue weighted by Crippen LogP contribution is -2.24. The minimum absolute atomic E-state index is 0.348. The predicted molar refractivity (Wildman–Crippen MR) is 79.4 cm³/mol. The van der Waals surface area contributed by atoms with Crippen LogP contribution in [0.3, 0.4) is 0 Å². The third-order valence-electron chi connectivity index (χ3n) is 3.30. The lowest BCUT2D eigenvalue weighted by atomic mass is 10.2. The Morgan fingerprint density at radius 3 is 2.57 bits per heavy atom. The summed E-state index contributed by atoms with van der Waals surface area (Å²) in [6.07, 6.45) is 0. The van der Waals surface area contributed by atoms with E-state index in [1.165, 1.54) is 6.07 Å². The van der Waals surface area contributed by atoms with Gasteiger partial charge in [0, 0.05) is 18.7 Å². The van der Waals surface area contributed by atoms with Gasteiger partial charge in [0.15, 0.2) is 11.6 Å². The molecule has 2 nitrogen and oxygen atoms in total. The summed E-state index contributed by atoms with van der Waals surface area (Å²) in [6.45, 7) is 3.46. The molecule has 0 N–H and O–H groups in total. The van der Waals surface area contributed by atoms with Gasteiger partial charge in [0.2, 0.25) is 0 Å². The summed E-state index contributed by atoms with van der Waals surface area (Å²) in [6, 6.07) is 12.0. The number of ether oxygens (including phenoxy) is 1. The Bertz CT molecular complexity index is 601. The van der Waals surface area contributed by atoms with Crippen molar-refractivity contribution in [2.24, 2.45) is 0 Å². The number of aryl methyl sites for hydroxylation is 1. The summed E-state index contributed by atoms with van der Waals surface area (Å²) in [4.78, 5) is 1.90. The van der Waals surface area contributed by atoms with Crippen LogP contribution in [0.2, 0.25) is 0 Å². The van der Waals surface area contributed by atoms with Crippen molar-refractivity contribution >= 4 is 0 Å². The van der Waals surface area contributed by atoms with Crippen LogP contribution in [0.4, 0.5) is 8.78 Å². The van der Waals surface area contributed by atoms with E-state index < -0.39 is 11.6 Å². The molecule has 0 radical (unpaired) electrons. The maximum atomic E-state index is 13.6. The van der Waals surface area contributed by atoms with Crippen LogP contribution in [0.25, 0.3) is 0 Å². The molecule has 2 aromatic rings. The lowest BCUT2D eigenvalue weighted by molar-refractivity contribution is 0.230. The summed E-state index contributed by atoms with van der Waals surface area (Å²) in [5.74, 6) is -0.732. The molecule has 0 aliphatic carbocycles. The maximum absolute atomic E-state index is 13.6. The normalized spacial score (nSPS) is 10.9. The van der Waals surface area contributed by atoms with Crippen molar-refractivity contribution in [3.05, 3.63) is 65.2 Å². The van der Waals surface area contributed by atoms with Crippen LogP contribution in [0.15, 0.2) is 42.5 Å². The van der Waals surface area contributed by atoms with Gasteiger partial charge in [-0.1, -0.05) is 30.3 Å². The van der Waals surface area contributed by atoms with Crippen molar-refractivity contribution in [3.63, 3.8) is 0 Å². The standard InChI is InChI=1S/C17H19F2NO/c1-13-6-3-4-9-16(13)21-11-10-20(2)12-14-7-5-8-15(18)17(14)19/h3-9H,10-12H2,1-2H3. The summed E-state index contributed by atoms with van der Waals surface area (Å²) in [5.41, 5.74) is 1.43. The number of hydrogen-bond acceptors (Lipinski definition) is 2. The molecule has 112 valence electrons. The third kappa shape index (κ3) is 4.26. The van der Waals surface area contributed by atoms with E-state index in [9.17, 15) is 8.78 Å². The average Bonchev–Trinajstić information content (AvgIpc) is 2.46. The highest BCUT2D eigenvalue weighted by molar-refractivity contribution is 5.31. The number of para-hydroxylation sites is 1. The van der Waals surface area contributed by atoms with E-state index in [1.54, 1.807) is 6.07 Å². The van der Waals surface area contributed by atoms with Gasteiger partial charge in [-0.25, -0.2) is 8.78 Å². The van der Waals surface area contributed by atoms with Crippen molar-refractivity contribution in [3.8, 4) is 5.75 Å². The second-order valence-corrected chi connectivity index (χ2v) is 5.06. The van der Waals surface area contributed by atoms with Crippen molar-refractivity contribution in [2.75, 3.05) is 20.2 Å². The fourth-order valence-corrected chi connectivity index (χ4v) is 2.07. The molecule has 0 saturated heterocycles.